The summed E-state index contributed by atoms with van der Waals surface area (Å²) >= 11 is 0. The summed E-state index contributed by atoms with van der Waals surface area (Å²) in [6.07, 6.45) is 5.64. The number of hydrogen-bond acceptors (Lipinski definition) is 1. The highest BCUT2D eigenvalue weighted by Gasteiger charge is 2.31. The minimum atomic E-state index is 0.486. The van der Waals surface area contributed by atoms with Gasteiger partial charge in [-0.05, 0) is 49.5 Å². The quantitative estimate of drug-likeness (QED) is 0.704. The predicted molar refractivity (Wildman–Crippen MR) is 68.0 cm³/mol. The monoisotopic (exact) mass is 211 g/mol. The topological polar surface area (TPSA) is 12.0 Å². The van der Waals surface area contributed by atoms with Gasteiger partial charge in [0, 0.05) is 6.04 Å². The van der Waals surface area contributed by atoms with Crippen LogP contribution in [0, 0.1) is 17.3 Å². The molecule has 0 aromatic rings. The van der Waals surface area contributed by atoms with E-state index < -0.39 is 0 Å². The molecule has 1 fully saturated rings. The van der Waals surface area contributed by atoms with Gasteiger partial charge in [-0.3, -0.25) is 0 Å². The van der Waals surface area contributed by atoms with Crippen molar-refractivity contribution in [3.05, 3.63) is 0 Å². The molecule has 1 nitrogen and oxygen atoms in total. The SMILES string of the molecule is CCNC(CC(C)CC(C)(C)C)C1CC1. The Hall–Kier alpha value is -0.0400. The summed E-state index contributed by atoms with van der Waals surface area (Å²) in [5, 5.41) is 3.66. The second kappa shape index (κ2) is 5.34. The van der Waals surface area contributed by atoms with Crippen LogP contribution in [0.2, 0.25) is 0 Å². The third-order valence-corrected chi connectivity index (χ3v) is 3.27. The molecule has 0 aromatic heterocycles. The van der Waals surface area contributed by atoms with Gasteiger partial charge in [-0.15, -0.1) is 0 Å². The Morgan fingerprint density at radius 1 is 1.27 bits per heavy atom. The molecule has 0 heterocycles. The highest BCUT2D eigenvalue weighted by atomic mass is 14.9. The molecule has 0 aliphatic heterocycles. The fourth-order valence-corrected chi connectivity index (χ4v) is 2.77. The van der Waals surface area contributed by atoms with E-state index in [2.05, 4.69) is 39.9 Å². The van der Waals surface area contributed by atoms with E-state index >= 15 is 0 Å². The number of nitrogens with one attached hydrogen (secondary N) is 1. The minimum absolute atomic E-state index is 0.486. The molecule has 0 spiro atoms. The summed E-state index contributed by atoms with van der Waals surface area (Å²) in [5.41, 5.74) is 0.486. The Morgan fingerprint density at radius 2 is 1.87 bits per heavy atom. The van der Waals surface area contributed by atoms with Crippen LogP contribution in [0.4, 0.5) is 0 Å². The van der Waals surface area contributed by atoms with Crippen molar-refractivity contribution in [1.29, 1.82) is 0 Å². The van der Waals surface area contributed by atoms with Gasteiger partial charge in [0.05, 0.1) is 0 Å². The van der Waals surface area contributed by atoms with Gasteiger partial charge in [0.2, 0.25) is 0 Å². The van der Waals surface area contributed by atoms with Crippen molar-refractivity contribution in [2.24, 2.45) is 17.3 Å². The Bertz CT molecular complexity index is 176. The van der Waals surface area contributed by atoms with Gasteiger partial charge < -0.3 is 5.32 Å². The molecule has 1 heteroatoms. The van der Waals surface area contributed by atoms with Crippen LogP contribution in [-0.4, -0.2) is 12.6 Å². The van der Waals surface area contributed by atoms with Gasteiger partial charge in [-0.25, -0.2) is 0 Å². The Morgan fingerprint density at radius 3 is 2.27 bits per heavy atom. The van der Waals surface area contributed by atoms with E-state index in [4.69, 9.17) is 0 Å². The molecule has 2 unspecified atom stereocenters. The van der Waals surface area contributed by atoms with Crippen LogP contribution in [-0.2, 0) is 0 Å². The highest BCUT2D eigenvalue weighted by Crippen LogP contribution is 2.37. The fraction of sp³-hybridized carbons (Fsp3) is 1.00. The first kappa shape index (κ1) is 13.0. The molecule has 0 amide bonds. The van der Waals surface area contributed by atoms with Gasteiger partial charge in [0.15, 0.2) is 0 Å². The zero-order valence-corrected chi connectivity index (χ0v) is 11.3. The second-order valence-corrected chi connectivity index (χ2v) is 6.61. The Labute approximate surface area is 96.0 Å². The van der Waals surface area contributed by atoms with E-state index in [-0.39, 0.29) is 0 Å². The molecule has 0 radical (unpaired) electrons. The summed E-state index contributed by atoms with van der Waals surface area (Å²) in [5.74, 6) is 1.85. The van der Waals surface area contributed by atoms with Gasteiger partial charge >= 0.3 is 0 Å². The summed E-state index contributed by atoms with van der Waals surface area (Å²) in [4.78, 5) is 0. The molecule has 1 saturated carbocycles. The summed E-state index contributed by atoms with van der Waals surface area (Å²) in [7, 11) is 0. The Balaban J connectivity index is 2.30. The second-order valence-electron chi connectivity index (χ2n) is 6.61. The summed E-state index contributed by atoms with van der Waals surface area (Å²) in [6, 6.07) is 0.798. The van der Waals surface area contributed by atoms with Crippen molar-refractivity contribution in [2.45, 2.75) is 66.3 Å². The molecule has 0 bridgehead atoms. The van der Waals surface area contributed by atoms with Crippen LogP contribution >= 0.6 is 0 Å². The van der Waals surface area contributed by atoms with Crippen LogP contribution in [0.5, 0.6) is 0 Å². The van der Waals surface area contributed by atoms with Crippen molar-refractivity contribution >= 4 is 0 Å². The van der Waals surface area contributed by atoms with Crippen LogP contribution in [0.3, 0.4) is 0 Å². The fourth-order valence-electron chi connectivity index (χ4n) is 2.77. The van der Waals surface area contributed by atoms with Gasteiger partial charge in [-0.2, -0.15) is 0 Å². The molecular weight excluding hydrogens is 182 g/mol. The third-order valence-electron chi connectivity index (χ3n) is 3.27. The lowest BCUT2D eigenvalue weighted by molar-refractivity contribution is 0.267. The number of hydrogen-bond donors (Lipinski definition) is 1. The van der Waals surface area contributed by atoms with E-state index in [0.29, 0.717) is 5.41 Å². The van der Waals surface area contributed by atoms with Crippen LogP contribution in [0.15, 0.2) is 0 Å². The van der Waals surface area contributed by atoms with E-state index in [1.54, 1.807) is 0 Å². The van der Waals surface area contributed by atoms with Crippen molar-refractivity contribution in [1.82, 2.24) is 5.32 Å². The van der Waals surface area contributed by atoms with E-state index in [1.807, 2.05) is 0 Å². The molecule has 1 aliphatic rings. The molecule has 2 atom stereocenters. The van der Waals surface area contributed by atoms with Crippen molar-refractivity contribution in [3.63, 3.8) is 0 Å². The van der Waals surface area contributed by atoms with Crippen molar-refractivity contribution in [2.75, 3.05) is 6.54 Å². The van der Waals surface area contributed by atoms with Gasteiger partial charge in [0.25, 0.3) is 0 Å². The maximum atomic E-state index is 3.66. The molecule has 0 aromatic carbocycles. The lowest BCUT2D eigenvalue weighted by Crippen LogP contribution is -2.33. The first-order valence-electron chi connectivity index (χ1n) is 6.65. The zero-order valence-electron chi connectivity index (χ0n) is 11.3. The molecule has 90 valence electrons. The van der Waals surface area contributed by atoms with Crippen molar-refractivity contribution in [3.8, 4) is 0 Å². The first-order valence-corrected chi connectivity index (χ1v) is 6.65. The average Bonchev–Trinajstić information content (AvgIpc) is 2.81. The average molecular weight is 211 g/mol. The first-order chi connectivity index (χ1) is 6.92. The van der Waals surface area contributed by atoms with Crippen LogP contribution < -0.4 is 5.32 Å². The lowest BCUT2D eigenvalue weighted by atomic mass is 9.82. The zero-order chi connectivity index (χ0) is 11.5. The van der Waals surface area contributed by atoms with Crippen LogP contribution in [0.25, 0.3) is 0 Å². The molecule has 1 aliphatic carbocycles. The summed E-state index contributed by atoms with van der Waals surface area (Å²) in [6.45, 7) is 12.8. The standard InChI is InChI=1S/C14H29N/c1-6-15-13(12-7-8-12)9-11(2)10-14(3,4)5/h11-13,15H,6-10H2,1-5H3. The molecular formula is C14H29N. The minimum Gasteiger partial charge on any atom is -0.314 e. The Kier molecular flexibility index (Phi) is 4.64. The summed E-state index contributed by atoms with van der Waals surface area (Å²) < 4.78 is 0. The molecule has 1 N–H and O–H groups in total. The van der Waals surface area contributed by atoms with Gasteiger partial charge in [0.1, 0.15) is 0 Å². The van der Waals surface area contributed by atoms with Crippen molar-refractivity contribution < 1.29 is 0 Å². The van der Waals surface area contributed by atoms with E-state index in [9.17, 15) is 0 Å². The normalized spacial score (nSPS) is 21.4. The predicted octanol–water partition coefficient (Wildman–Crippen LogP) is 3.84. The molecule has 15 heavy (non-hydrogen) atoms. The largest absolute Gasteiger partial charge is 0.314 e. The maximum Gasteiger partial charge on any atom is 0.00977 e. The molecule has 0 saturated heterocycles. The van der Waals surface area contributed by atoms with E-state index in [1.165, 1.54) is 25.7 Å². The molecule has 1 rings (SSSR count). The van der Waals surface area contributed by atoms with E-state index in [0.717, 1.165) is 24.4 Å². The third kappa shape index (κ3) is 5.55. The smallest absolute Gasteiger partial charge is 0.00977 e. The number of rotatable bonds is 6. The van der Waals surface area contributed by atoms with Gasteiger partial charge in [-0.1, -0.05) is 34.6 Å². The highest BCUT2D eigenvalue weighted by molar-refractivity contribution is 4.87. The maximum absolute atomic E-state index is 3.66. The van der Waals surface area contributed by atoms with Crippen LogP contribution in [0.1, 0.15) is 60.3 Å². The lowest BCUT2D eigenvalue weighted by Gasteiger charge is -2.27.